The molecule has 0 amide bonds. The van der Waals surface area contributed by atoms with E-state index in [1.54, 1.807) is 12.1 Å². The van der Waals surface area contributed by atoms with Gasteiger partial charge in [0.15, 0.2) is 5.78 Å². The Morgan fingerprint density at radius 2 is 1.68 bits per heavy atom. The van der Waals surface area contributed by atoms with E-state index in [1.165, 1.54) is 30.3 Å². The average molecular weight is 260 g/mol. The van der Waals surface area contributed by atoms with Crippen LogP contribution in [0.4, 0.5) is 8.78 Å². The Bertz CT molecular complexity index is 635. The van der Waals surface area contributed by atoms with Crippen molar-refractivity contribution in [3.05, 3.63) is 65.2 Å². The van der Waals surface area contributed by atoms with Crippen molar-refractivity contribution in [1.82, 2.24) is 0 Å². The van der Waals surface area contributed by atoms with E-state index in [0.29, 0.717) is 11.1 Å². The third-order valence-electron chi connectivity index (χ3n) is 3.13. The van der Waals surface area contributed by atoms with E-state index in [1.807, 2.05) is 0 Å². The second-order valence-electron chi connectivity index (χ2n) is 4.43. The maximum absolute atomic E-state index is 13.2. The fourth-order valence-electron chi connectivity index (χ4n) is 2.16. The Morgan fingerprint density at radius 1 is 1.00 bits per heavy atom. The number of benzene rings is 2. The highest BCUT2D eigenvalue weighted by atomic mass is 19.1. The van der Waals surface area contributed by atoms with Crippen LogP contribution in [-0.4, -0.2) is 5.78 Å². The molecule has 0 fully saturated rings. The molecular weight excluding hydrogens is 250 g/mol. The molecule has 2 aromatic rings. The highest BCUT2D eigenvalue weighted by Gasteiger charge is 2.27. The van der Waals surface area contributed by atoms with Gasteiger partial charge < -0.3 is 4.74 Å². The summed E-state index contributed by atoms with van der Waals surface area (Å²) in [5, 5.41) is 0. The monoisotopic (exact) mass is 260 g/mol. The molecule has 1 atom stereocenters. The largest absolute Gasteiger partial charge is 0.484 e. The Kier molecular flexibility index (Phi) is 2.78. The molecule has 0 N–H and O–H groups in total. The fourth-order valence-corrected chi connectivity index (χ4v) is 2.16. The number of ether oxygens (including phenoxy) is 1. The van der Waals surface area contributed by atoms with Gasteiger partial charge in [0.05, 0.1) is 12.0 Å². The third-order valence-corrected chi connectivity index (χ3v) is 3.13. The number of carbonyl (C=O) groups excluding carboxylic acids is 1. The topological polar surface area (TPSA) is 26.3 Å². The Hall–Kier alpha value is -2.23. The van der Waals surface area contributed by atoms with Crippen LogP contribution in [0.15, 0.2) is 42.5 Å². The van der Waals surface area contributed by atoms with E-state index in [4.69, 9.17) is 4.74 Å². The van der Waals surface area contributed by atoms with Crippen molar-refractivity contribution in [3.8, 4) is 5.75 Å². The Morgan fingerprint density at radius 3 is 2.42 bits per heavy atom. The summed E-state index contributed by atoms with van der Waals surface area (Å²) in [5.41, 5.74) is 1.09. The molecule has 1 heterocycles. The maximum atomic E-state index is 13.2. The summed E-state index contributed by atoms with van der Waals surface area (Å²) in [6.07, 6.45) is -0.327. The molecule has 19 heavy (non-hydrogen) atoms. The quantitative estimate of drug-likeness (QED) is 0.782. The molecule has 96 valence electrons. The molecule has 4 heteroatoms. The number of carbonyl (C=O) groups is 1. The lowest BCUT2D eigenvalue weighted by molar-refractivity contribution is 0.0849. The zero-order valence-electron chi connectivity index (χ0n) is 9.90. The molecule has 0 radical (unpaired) electrons. The second-order valence-corrected chi connectivity index (χ2v) is 4.43. The molecule has 0 aromatic heterocycles. The first-order chi connectivity index (χ1) is 9.13. The third kappa shape index (κ3) is 2.21. The Balaban J connectivity index is 1.96. The van der Waals surface area contributed by atoms with E-state index >= 15 is 0 Å². The summed E-state index contributed by atoms with van der Waals surface area (Å²) in [7, 11) is 0. The molecule has 0 unspecified atom stereocenters. The van der Waals surface area contributed by atoms with Gasteiger partial charge in [0.1, 0.15) is 23.5 Å². The van der Waals surface area contributed by atoms with Crippen molar-refractivity contribution in [1.29, 1.82) is 0 Å². The lowest BCUT2D eigenvalue weighted by Gasteiger charge is -2.25. The van der Waals surface area contributed by atoms with Gasteiger partial charge in [-0.3, -0.25) is 4.79 Å². The predicted molar refractivity (Wildman–Crippen MR) is 65.1 cm³/mol. The lowest BCUT2D eigenvalue weighted by atomic mass is 9.96. The second kappa shape index (κ2) is 4.46. The smallest absolute Gasteiger partial charge is 0.170 e. The first kappa shape index (κ1) is 11.8. The van der Waals surface area contributed by atoms with Crippen LogP contribution in [-0.2, 0) is 0 Å². The zero-order valence-corrected chi connectivity index (χ0v) is 9.90. The Labute approximate surface area is 108 Å². The molecule has 0 saturated carbocycles. The first-order valence-corrected chi connectivity index (χ1v) is 5.88. The highest BCUT2D eigenvalue weighted by molar-refractivity contribution is 5.99. The van der Waals surface area contributed by atoms with Gasteiger partial charge in [-0.25, -0.2) is 8.78 Å². The molecule has 0 spiro atoms. The molecule has 3 rings (SSSR count). The van der Waals surface area contributed by atoms with Crippen molar-refractivity contribution >= 4 is 5.78 Å². The number of hydrogen-bond acceptors (Lipinski definition) is 2. The minimum absolute atomic E-state index is 0.101. The van der Waals surface area contributed by atoms with E-state index in [9.17, 15) is 13.6 Å². The van der Waals surface area contributed by atoms with Gasteiger partial charge in [-0.05, 0) is 29.8 Å². The van der Waals surface area contributed by atoms with Crippen LogP contribution in [0.5, 0.6) is 5.75 Å². The van der Waals surface area contributed by atoms with Crippen LogP contribution in [0, 0.1) is 11.6 Å². The van der Waals surface area contributed by atoms with Crippen molar-refractivity contribution in [2.75, 3.05) is 0 Å². The molecule has 0 aliphatic carbocycles. The summed E-state index contributed by atoms with van der Waals surface area (Å²) in [6.45, 7) is 0. The minimum Gasteiger partial charge on any atom is -0.484 e. The van der Waals surface area contributed by atoms with Gasteiger partial charge in [-0.2, -0.15) is 0 Å². The van der Waals surface area contributed by atoms with E-state index in [0.717, 1.165) is 0 Å². The van der Waals surface area contributed by atoms with Crippen molar-refractivity contribution in [2.45, 2.75) is 12.5 Å². The number of Topliss-reactive ketones (excluding diaryl/α,β-unsaturated/α-hetero) is 1. The summed E-state index contributed by atoms with van der Waals surface area (Å²) < 4.78 is 31.7. The number of hydrogen-bond donors (Lipinski definition) is 0. The molecule has 1 aliphatic rings. The average Bonchev–Trinajstić information content (AvgIpc) is 2.38. The van der Waals surface area contributed by atoms with Gasteiger partial charge in [-0.15, -0.1) is 0 Å². The zero-order chi connectivity index (χ0) is 13.4. The molecule has 1 aliphatic heterocycles. The van der Waals surface area contributed by atoms with Crippen LogP contribution < -0.4 is 4.74 Å². The van der Waals surface area contributed by atoms with Crippen molar-refractivity contribution in [2.24, 2.45) is 0 Å². The fraction of sp³-hybridized carbons (Fsp3) is 0.133. The molecule has 2 nitrogen and oxygen atoms in total. The van der Waals surface area contributed by atoms with Crippen LogP contribution in [0.2, 0.25) is 0 Å². The van der Waals surface area contributed by atoms with Gasteiger partial charge in [0, 0.05) is 6.07 Å². The standard InChI is InChI=1S/C15H10F2O2/c16-10-3-1-9(2-4-10)14-8-13(18)12-6-5-11(17)7-15(12)19-14/h1-7,14H,8H2/t14-/m1/s1. The molecule has 2 aromatic carbocycles. The minimum atomic E-state index is -0.498. The summed E-state index contributed by atoms with van der Waals surface area (Å²) in [5.74, 6) is -0.662. The summed E-state index contributed by atoms with van der Waals surface area (Å²) in [4.78, 5) is 12.0. The van der Waals surface area contributed by atoms with Gasteiger partial charge in [0.25, 0.3) is 0 Å². The highest BCUT2D eigenvalue weighted by Crippen LogP contribution is 2.35. The van der Waals surface area contributed by atoms with Gasteiger partial charge in [0.2, 0.25) is 0 Å². The normalized spacial score (nSPS) is 17.8. The number of fused-ring (bicyclic) bond motifs is 1. The van der Waals surface area contributed by atoms with Crippen LogP contribution >= 0.6 is 0 Å². The van der Waals surface area contributed by atoms with Crippen molar-refractivity contribution in [3.63, 3.8) is 0 Å². The lowest BCUT2D eigenvalue weighted by Crippen LogP contribution is -2.20. The van der Waals surface area contributed by atoms with Crippen LogP contribution in [0.3, 0.4) is 0 Å². The molecule has 0 bridgehead atoms. The van der Waals surface area contributed by atoms with Gasteiger partial charge in [-0.1, -0.05) is 12.1 Å². The summed E-state index contributed by atoms with van der Waals surface area (Å²) >= 11 is 0. The molecular formula is C15H10F2O2. The number of halogens is 2. The number of ketones is 1. The van der Waals surface area contributed by atoms with Crippen LogP contribution in [0.25, 0.3) is 0 Å². The van der Waals surface area contributed by atoms with E-state index in [-0.39, 0.29) is 23.8 Å². The van der Waals surface area contributed by atoms with Crippen LogP contribution in [0.1, 0.15) is 28.4 Å². The number of rotatable bonds is 1. The van der Waals surface area contributed by atoms with E-state index in [2.05, 4.69) is 0 Å². The SMILES string of the molecule is O=C1C[C@H](c2ccc(F)cc2)Oc2cc(F)ccc21. The first-order valence-electron chi connectivity index (χ1n) is 5.88. The van der Waals surface area contributed by atoms with E-state index < -0.39 is 11.9 Å². The summed E-state index contributed by atoms with van der Waals surface area (Å²) in [6, 6.07) is 9.61. The molecule has 0 saturated heterocycles. The van der Waals surface area contributed by atoms with Crippen molar-refractivity contribution < 1.29 is 18.3 Å². The maximum Gasteiger partial charge on any atom is 0.170 e. The van der Waals surface area contributed by atoms with Gasteiger partial charge >= 0.3 is 0 Å². The predicted octanol–water partition coefficient (Wildman–Crippen LogP) is 3.67.